The van der Waals surface area contributed by atoms with E-state index in [0.717, 1.165) is 4.90 Å². The van der Waals surface area contributed by atoms with Crippen molar-refractivity contribution in [1.29, 1.82) is 0 Å². The smallest absolute Gasteiger partial charge is 0.329 e. The van der Waals surface area contributed by atoms with Crippen molar-refractivity contribution in [3.8, 4) is 0 Å². The highest BCUT2D eigenvalue weighted by Crippen LogP contribution is 2.14. The molecule has 0 aromatic rings. The molecular weight excluding hydrogens is 160 g/mol. The molecule has 1 aliphatic rings. The number of nitrogens with zero attached hydrogens (tertiary/aromatic N) is 2. The van der Waals surface area contributed by atoms with Gasteiger partial charge in [-0.3, -0.25) is 14.6 Å². The van der Waals surface area contributed by atoms with Crippen molar-refractivity contribution in [3.05, 3.63) is 0 Å². The number of rotatable bonds is 2. The maximum atomic E-state index is 11.3. The van der Waals surface area contributed by atoms with Gasteiger partial charge in [0.2, 0.25) is 0 Å². The molecule has 0 aromatic heterocycles. The van der Waals surface area contributed by atoms with Crippen LogP contribution in [0.4, 0.5) is 4.79 Å². The summed E-state index contributed by atoms with van der Waals surface area (Å²) in [4.78, 5) is 25.0. The predicted molar refractivity (Wildman–Crippen MR) is 41.3 cm³/mol. The molecule has 0 N–H and O–H groups in total. The summed E-state index contributed by atoms with van der Waals surface area (Å²) in [5.74, 6) is -0.183. The van der Waals surface area contributed by atoms with Gasteiger partial charge in [0.1, 0.15) is 12.8 Å². The van der Waals surface area contributed by atoms with E-state index in [9.17, 15) is 9.59 Å². The number of hydrogen-bond donors (Lipinski definition) is 0. The lowest BCUT2D eigenvalue weighted by Gasteiger charge is -2.16. The van der Waals surface area contributed by atoms with Crippen molar-refractivity contribution in [2.24, 2.45) is 0 Å². The average Bonchev–Trinajstić information content (AvgIpc) is 2.23. The van der Waals surface area contributed by atoms with Crippen molar-refractivity contribution in [2.45, 2.75) is 13.0 Å². The van der Waals surface area contributed by atoms with Crippen LogP contribution in [0.3, 0.4) is 0 Å². The number of methoxy groups -OCH3 is 1. The van der Waals surface area contributed by atoms with Crippen LogP contribution in [0.5, 0.6) is 0 Å². The maximum Gasteiger partial charge on any atom is 0.329 e. The van der Waals surface area contributed by atoms with E-state index in [-0.39, 0.29) is 18.7 Å². The molecule has 0 spiro atoms. The molecule has 1 rings (SSSR count). The van der Waals surface area contributed by atoms with Crippen LogP contribution in [-0.4, -0.2) is 48.7 Å². The minimum atomic E-state index is -0.401. The van der Waals surface area contributed by atoms with E-state index >= 15 is 0 Å². The standard InChI is InChI=1S/C7H12N2O3/c1-5-6(10)8(2)7(11)9(5)4-12-3/h5H,4H2,1-3H3. The molecule has 0 aromatic carbocycles. The lowest BCUT2D eigenvalue weighted by molar-refractivity contribution is -0.127. The zero-order valence-corrected chi connectivity index (χ0v) is 7.40. The molecule has 0 radical (unpaired) electrons. The summed E-state index contributed by atoms with van der Waals surface area (Å²) in [5, 5.41) is 0. The Morgan fingerprint density at radius 3 is 2.42 bits per heavy atom. The van der Waals surface area contributed by atoms with Crippen molar-refractivity contribution in [3.63, 3.8) is 0 Å². The highest BCUT2D eigenvalue weighted by Gasteiger charge is 2.39. The molecule has 0 saturated carbocycles. The molecule has 1 saturated heterocycles. The average molecular weight is 172 g/mol. The molecule has 0 aliphatic carbocycles. The van der Waals surface area contributed by atoms with E-state index in [1.165, 1.54) is 19.1 Å². The van der Waals surface area contributed by atoms with Gasteiger partial charge in [0.25, 0.3) is 5.91 Å². The number of hydrogen-bond acceptors (Lipinski definition) is 3. The van der Waals surface area contributed by atoms with E-state index in [1.807, 2.05) is 0 Å². The Hall–Kier alpha value is -1.10. The van der Waals surface area contributed by atoms with Gasteiger partial charge < -0.3 is 4.74 Å². The summed E-state index contributed by atoms with van der Waals surface area (Å²) < 4.78 is 4.79. The molecule has 1 unspecified atom stereocenters. The molecule has 5 nitrogen and oxygen atoms in total. The lowest BCUT2D eigenvalue weighted by atomic mass is 10.3. The first-order chi connectivity index (χ1) is 5.59. The Kier molecular flexibility index (Phi) is 2.32. The minimum Gasteiger partial charge on any atom is -0.364 e. The van der Waals surface area contributed by atoms with Gasteiger partial charge in [-0.2, -0.15) is 0 Å². The fraction of sp³-hybridized carbons (Fsp3) is 0.714. The number of carbonyl (C=O) groups is 2. The highest BCUT2D eigenvalue weighted by molar-refractivity contribution is 6.03. The van der Waals surface area contributed by atoms with Crippen molar-refractivity contribution in [1.82, 2.24) is 9.80 Å². The number of carbonyl (C=O) groups excluding carboxylic acids is 2. The molecule has 1 fully saturated rings. The number of urea groups is 1. The van der Waals surface area contributed by atoms with Crippen LogP contribution in [0.1, 0.15) is 6.92 Å². The Morgan fingerprint density at radius 1 is 1.50 bits per heavy atom. The first-order valence-corrected chi connectivity index (χ1v) is 3.66. The van der Waals surface area contributed by atoms with Crippen LogP contribution >= 0.6 is 0 Å². The first kappa shape index (κ1) is 8.99. The second kappa shape index (κ2) is 3.10. The quantitative estimate of drug-likeness (QED) is 0.545. The van der Waals surface area contributed by atoms with Crippen LogP contribution in [0, 0.1) is 0 Å². The third-order valence-electron chi connectivity index (χ3n) is 1.96. The summed E-state index contributed by atoms with van der Waals surface area (Å²) in [7, 11) is 2.96. The zero-order chi connectivity index (χ0) is 9.30. The van der Waals surface area contributed by atoms with E-state index in [2.05, 4.69) is 0 Å². The Balaban J connectivity index is 2.76. The fourth-order valence-electron chi connectivity index (χ4n) is 1.17. The second-order valence-corrected chi connectivity index (χ2v) is 2.74. The van der Waals surface area contributed by atoms with E-state index in [4.69, 9.17) is 4.74 Å². The normalized spacial score (nSPS) is 24.1. The molecule has 1 atom stereocenters. The third kappa shape index (κ3) is 1.16. The predicted octanol–water partition coefficient (Wildman–Crippen LogP) is -0.127. The van der Waals surface area contributed by atoms with Crippen molar-refractivity contribution >= 4 is 11.9 Å². The number of ether oxygens (including phenoxy) is 1. The highest BCUT2D eigenvalue weighted by atomic mass is 16.5. The van der Waals surface area contributed by atoms with Gasteiger partial charge in [-0.15, -0.1) is 0 Å². The molecular formula is C7H12N2O3. The van der Waals surface area contributed by atoms with E-state index < -0.39 is 6.04 Å². The van der Waals surface area contributed by atoms with Crippen LogP contribution in [0.25, 0.3) is 0 Å². The molecule has 1 heterocycles. The van der Waals surface area contributed by atoms with Gasteiger partial charge >= 0.3 is 6.03 Å². The van der Waals surface area contributed by atoms with Gasteiger partial charge in [-0.05, 0) is 6.92 Å². The Bertz CT molecular complexity index is 217. The summed E-state index contributed by atoms with van der Waals surface area (Å²) in [6.07, 6.45) is 0. The van der Waals surface area contributed by atoms with Gasteiger partial charge in [-0.1, -0.05) is 0 Å². The SMILES string of the molecule is COCN1C(=O)N(C)C(=O)C1C. The zero-order valence-electron chi connectivity index (χ0n) is 7.40. The summed E-state index contributed by atoms with van der Waals surface area (Å²) in [5.41, 5.74) is 0. The topological polar surface area (TPSA) is 49.9 Å². The van der Waals surface area contributed by atoms with Crippen LogP contribution in [-0.2, 0) is 9.53 Å². The molecule has 3 amide bonds. The van der Waals surface area contributed by atoms with Gasteiger partial charge in [0.05, 0.1) is 0 Å². The van der Waals surface area contributed by atoms with Gasteiger partial charge in [0.15, 0.2) is 0 Å². The molecule has 1 aliphatic heterocycles. The van der Waals surface area contributed by atoms with Crippen molar-refractivity contribution < 1.29 is 14.3 Å². The van der Waals surface area contributed by atoms with Crippen LogP contribution in [0.2, 0.25) is 0 Å². The van der Waals surface area contributed by atoms with Crippen LogP contribution < -0.4 is 0 Å². The minimum absolute atomic E-state index is 0.163. The number of likely N-dealkylation sites (N-methyl/N-ethyl adjacent to an activating group) is 1. The monoisotopic (exact) mass is 172 g/mol. The lowest BCUT2D eigenvalue weighted by Crippen LogP contribution is -2.34. The first-order valence-electron chi connectivity index (χ1n) is 3.66. The van der Waals surface area contributed by atoms with Crippen LogP contribution in [0.15, 0.2) is 0 Å². The van der Waals surface area contributed by atoms with E-state index in [1.54, 1.807) is 6.92 Å². The summed E-state index contributed by atoms with van der Waals surface area (Å²) in [6, 6.07) is -0.697. The summed E-state index contributed by atoms with van der Waals surface area (Å²) >= 11 is 0. The molecule has 0 bridgehead atoms. The van der Waals surface area contributed by atoms with Gasteiger partial charge in [-0.25, -0.2) is 4.79 Å². The molecule has 12 heavy (non-hydrogen) atoms. The maximum absolute atomic E-state index is 11.3. The third-order valence-corrected chi connectivity index (χ3v) is 1.96. The summed E-state index contributed by atoms with van der Waals surface area (Å²) in [6.45, 7) is 1.85. The van der Waals surface area contributed by atoms with Gasteiger partial charge in [0, 0.05) is 14.2 Å². The molecule has 68 valence electrons. The Labute approximate surface area is 70.9 Å². The number of amides is 3. The second-order valence-electron chi connectivity index (χ2n) is 2.74. The Morgan fingerprint density at radius 2 is 2.08 bits per heavy atom. The largest absolute Gasteiger partial charge is 0.364 e. The van der Waals surface area contributed by atoms with E-state index in [0.29, 0.717) is 0 Å². The number of imide groups is 1. The van der Waals surface area contributed by atoms with Crippen molar-refractivity contribution in [2.75, 3.05) is 20.9 Å². The fourth-order valence-corrected chi connectivity index (χ4v) is 1.17. The molecule has 5 heteroatoms.